The molecule has 1 fully saturated rings. The van der Waals surface area contributed by atoms with E-state index < -0.39 is 0 Å². The third-order valence-corrected chi connectivity index (χ3v) is 6.21. The van der Waals surface area contributed by atoms with E-state index >= 15 is 0 Å². The molecule has 27 heavy (non-hydrogen) atoms. The summed E-state index contributed by atoms with van der Waals surface area (Å²) in [4.78, 5) is 14.3. The molecule has 0 aliphatic carbocycles. The maximum absolute atomic E-state index is 4.56. The molecule has 2 aliphatic rings. The van der Waals surface area contributed by atoms with Gasteiger partial charge in [0.2, 0.25) is 0 Å². The highest BCUT2D eigenvalue weighted by atomic mass is 15.2. The van der Waals surface area contributed by atoms with Gasteiger partial charge in [0.05, 0.1) is 11.0 Å². The van der Waals surface area contributed by atoms with Gasteiger partial charge in [0.15, 0.2) is 0 Å². The van der Waals surface area contributed by atoms with Crippen molar-refractivity contribution >= 4 is 11.0 Å². The van der Waals surface area contributed by atoms with Crippen LogP contribution in [0.25, 0.3) is 11.0 Å². The molecule has 3 aromatic rings. The molecule has 5 rings (SSSR count). The van der Waals surface area contributed by atoms with Gasteiger partial charge in [0, 0.05) is 38.1 Å². The van der Waals surface area contributed by atoms with Crippen LogP contribution in [0, 0.1) is 0 Å². The first-order valence-corrected chi connectivity index (χ1v) is 10.1. The number of hydrogen-bond donors (Lipinski definition) is 0. The van der Waals surface area contributed by atoms with Gasteiger partial charge >= 0.3 is 0 Å². The van der Waals surface area contributed by atoms with Crippen LogP contribution >= 0.6 is 0 Å². The first-order valence-electron chi connectivity index (χ1n) is 10.1. The number of hydrogen-bond acceptors (Lipinski definition) is 4. The van der Waals surface area contributed by atoms with Gasteiger partial charge in [-0.1, -0.05) is 36.4 Å². The van der Waals surface area contributed by atoms with E-state index in [1.54, 1.807) is 18.0 Å². The van der Waals surface area contributed by atoms with Crippen LogP contribution in [0.2, 0.25) is 0 Å². The average Bonchev–Trinajstić information content (AvgIpc) is 2.74. The summed E-state index contributed by atoms with van der Waals surface area (Å²) in [5, 5.41) is 0. The molecule has 2 aliphatic heterocycles. The molecule has 0 unspecified atom stereocenters. The van der Waals surface area contributed by atoms with Crippen molar-refractivity contribution in [2.75, 3.05) is 19.6 Å². The largest absolute Gasteiger partial charge is 0.299 e. The molecule has 1 aromatic heterocycles. The van der Waals surface area contributed by atoms with Crippen molar-refractivity contribution < 1.29 is 0 Å². The second-order valence-corrected chi connectivity index (χ2v) is 7.84. The Hall–Kier alpha value is -2.30. The van der Waals surface area contributed by atoms with Crippen molar-refractivity contribution in [3.05, 3.63) is 71.5 Å². The van der Waals surface area contributed by atoms with Crippen LogP contribution in [0.3, 0.4) is 0 Å². The Morgan fingerprint density at radius 1 is 0.852 bits per heavy atom. The Morgan fingerprint density at radius 3 is 2.56 bits per heavy atom. The third-order valence-electron chi connectivity index (χ3n) is 6.21. The molecule has 0 saturated carbocycles. The average molecular weight is 358 g/mol. The van der Waals surface area contributed by atoms with E-state index in [-0.39, 0.29) is 0 Å². The molecule has 4 nitrogen and oxygen atoms in total. The summed E-state index contributed by atoms with van der Waals surface area (Å²) in [6, 6.07) is 16.0. The van der Waals surface area contributed by atoms with Gasteiger partial charge in [-0.05, 0) is 55.1 Å². The van der Waals surface area contributed by atoms with Gasteiger partial charge in [0.25, 0.3) is 0 Å². The summed E-state index contributed by atoms with van der Waals surface area (Å²) in [5.41, 5.74) is 6.42. The first kappa shape index (κ1) is 16.8. The summed E-state index contributed by atoms with van der Waals surface area (Å²) in [6.45, 7) is 5.64. The molecule has 3 heterocycles. The van der Waals surface area contributed by atoms with Crippen molar-refractivity contribution in [2.45, 2.75) is 38.4 Å². The van der Waals surface area contributed by atoms with Crippen molar-refractivity contribution in [2.24, 2.45) is 0 Å². The Labute approximate surface area is 160 Å². The van der Waals surface area contributed by atoms with Gasteiger partial charge in [-0.3, -0.25) is 19.8 Å². The SMILES string of the molecule is c1ccc2c(c1)CCN(C1CCN(Cc3cccc4nccnc34)CC1)C2. The number of rotatable bonds is 3. The number of benzene rings is 2. The molecule has 4 heteroatoms. The number of likely N-dealkylation sites (tertiary alicyclic amines) is 1. The predicted octanol–water partition coefficient (Wildman–Crippen LogP) is 3.65. The fourth-order valence-corrected chi connectivity index (χ4v) is 4.69. The monoisotopic (exact) mass is 358 g/mol. The Morgan fingerprint density at radius 2 is 1.67 bits per heavy atom. The summed E-state index contributed by atoms with van der Waals surface area (Å²) >= 11 is 0. The van der Waals surface area contributed by atoms with E-state index in [9.17, 15) is 0 Å². The quantitative estimate of drug-likeness (QED) is 0.715. The lowest BCUT2D eigenvalue weighted by atomic mass is 9.95. The molecular weight excluding hydrogens is 332 g/mol. The van der Waals surface area contributed by atoms with E-state index in [0.717, 1.165) is 30.2 Å². The van der Waals surface area contributed by atoms with Crippen LogP contribution in [0.15, 0.2) is 54.9 Å². The van der Waals surface area contributed by atoms with Gasteiger partial charge in [-0.15, -0.1) is 0 Å². The summed E-state index contributed by atoms with van der Waals surface area (Å²) in [7, 11) is 0. The molecular formula is C23H26N4. The number of piperidine rings is 1. The van der Waals surface area contributed by atoms with Gasteiger partial charge < -0.3 is 0 Å². The zero-order valence-electron chi connectivity index (χ0n) is 15.7. The fourth-order valence-electron chi connectivity index (χ4n) is 4.69. The van der Waals surface area contributed by atoms with Gasteiger partial charge in [-0.2, -0.15) is 0 Å². The van der Waals surface area contributed by atoms with Gasteiger partial charge in [0.1, 0.15) is 0 Å². The second kappa shape index (κ2) is 7.37. The topological polar surface area (TPSA) is 32.3 Å². The first-order chi connectivity index (χ1) is 13.4. The Balaban J connectivity index is 1.22. The second-order valence-electron chi connectivity index (χ2n) is 7.84. The molecule has 0 amide bonds. The lowest BCUT2D eigenvalue weighted by Crippen LogP contribution is -2.46. The van der Waals surface area contributed by atoms with Crippen LogP contribution < -0.4 is 0 Å². The van der Waals surface area contributed by atoms with Crippen molar-refractivity contribution in [3.63, 3.8) is 0 Å². The minimum Gasteiger partial charge on any atom is -0.299 e. The molecule has 138 valence electrons. The zero-order valence-corrected chi connectivity index (χ0v) is 15.7. The van der Waals surface area contributed by atoms with Crippen LogP contribution in [0.1, 0.15) is 29.5 Å². The summed E-state index contributed by atoms with van der Waals surface area (Å²) in [6.07, 6.45) is 7.29. The van der Waals surface area contributed by atoms with E-state index in [0.29, 0.717) is 0 Å². The molecule has 1 saturated heterocycles. The smallest absolute Gasteiger partial charge is 0.0931 e. The van der Waals surface area contributed by atoms with Crippen molar-refractivity contribution in [1.82, 2.24) is 19.8 Å². The van der Waals surface area contributed by atoms with Crippen molar-refractivity contribution in [3.8, 4) is 0 Å². The van der Waals surface area contributed by atoms with Crippen LogP contribution in [-0.2, 0) is 19.5 Å². The van der Waals surface area contributed by atoms with E-state index in [1.807, 2.05) is 6.07 Å². The van der Waals surface area contributed by atoms with Crippen LogP contribution in [0.4, 0.5) is 0 Å². The van der Waals surface area contributed by atoms with E-state index in [1.165, 1.54) is 50.0 Å². The van der Waals surface area contributed by atoms with Crippen molar-refractivity contribution in [1.29, 1.82) is 0 Å². The minimum absolute atomic E-state index is 0.724. The van der Waals surface area contributed by atoms with E-state index in [4.69, 9.17) is 0 Å². The maximum Gasteiger partial charge on any atom is 0.0931 e. The molecule has 0 N–H and O–H groups in total. The van der Waals surface area contributed by atoms with Gasteiger partial charge in [-0.25, -0.2) is 0 Å². The highest BCUT2D eigenvalue weighted by Crippen LogP contribution is 2.26. The number of aromatic nitrogens is 2. The Bertz CT molecular complexity index is 925. The zero-order chi connectivity index (χ0) is 18.1. The normalized spacial score (nSPS) is 19.3. The molecule has 0 radical (unpaired) electrons. The molecule has 0 atom stereocenters. The third kappa shape index (κ3) is 3.47. The lowest BCUT2D eigenvalue weighted by molar-refractivity contribution is 0.0951. The molecule has 0 bridgehead atoms. The highest BCUT2D eigenvalue weighted by Gasteiger charge is 2.27. The fraction of sp³-hybridized carbons (Fsp3) is 0.391. The highest BCUT2D eigenvalue weighted by molar-refractivity contribution is 5.77. The number of fused-ring (bicyclic) bond motifs is 2. The Kier molecular flexibility index (Phi) is 4.60. The molecule has 2 aromatic carbocycles. The predicted molar refractivity (Wildman–Crippen MR) is 108 cm³/mol. The number of nitrogens with zero attached hydrogens (tertiary/aromatic N) is 4. The van der Waals surface area contributed by atoms with Crippen LogP contribution in [-0.4, -0.2) is 45.4 Å². The maximum atomic E-state index is 4.56. The van der Waals surface area contributed by atoms with E-state index in [2.05, 4.69) is 56.2 Å². The standard InChI is InChI=1S/C23H26N4/c1-2-5-19-17-27(15-8-18(19)4-1)21-9-13-26(14-10-21)16-20-6-3-7-22-23(20)25-12-11-24-22/h1-7,11-12,21H,8-10,13-17H2. The summed E-state index contributed by atoms with van der Waals surface area (Å²) in [5.74, 6) is 0. The lowest BCUT2D eigenvalue weighted by Gasteiger charge is -2.40. The van der Waals surface area contributed by atoms with Crippen LogP contribution in [0.5, 0.6) is 0 Å². The number of para-hydroxylation sites is 1. The minimum atomic E-state index is 0.724. The molecule has 0 spiro atoms. The summed E-state index contributed by atoms with van der Waals surface area (Å²) < 4.78 is 0.